The van der Waals surface area contributed by atoms with Crippen molar-refractivity contribution in [2.75, 3.05) is 13.7 Å². The molecule has 0 fully saturated rings. The number of hydrogen-bond donors (Lipinski definition) is 0. The van der Waals surface area contributed by atoms with Crippen molar-refractivity contribution >= 4 is 21.9 Å². The van der Waals surface area contributed by atoms with Gasteiger partial charge in [0.2, 0.25) is 0 Å². The average molecular weight is 378 g/mol. The van der Waals surface area contributed by atoms with E-state index in [1.54, 1.807) is 19.4 Å². The summed E-state index contributed by atoms with van der Waals surface area (Å²) >= 11 is 3.46. The Morgan fingerprint density at radius 1 is 1.26 bits per heavy atom. The number of rotatable bonds is 6. The van der Waals surface area contributed by atoms with Gasteiger partial charge in [0.25, 0.3) is 0 Å². The Morgan fingerprint density at radius 3 is 2.74 bits per heavy atom. The van der Waals surface area contributed by atoms with E-state index in [0.717, 1.165) is 34.1 Å². The Balaban J connectivity index is 2.47. The fourth-order valence-corrected chi connectivity index (χ4v) is 2.59. The van der Waals surface area contributed by atoms with Crippen molar-refractivity contribution in [3.05, 3.63) is 46.2 Å². The Morgan fingerprint density at radius 2 is 2.04 bits per heavy atom. The van der Waals surface area contributed by atoms with Gasteiger partial charge in [-0.3, -0.25) is 4.98 Å². The zero-order chi connectivity index (χ0) is 16.8. The van der Waals surface area contributed by atoms with Crippen molar-refractivity contribution in [3.63, 3.8) is 0 Å². The maximum atomic E-state index is 12.4. The van der Waals surface area contributed by atoms with E-state index in [2.05, 4.69) is 27.8 Å². The number of nitrogens with zero attached hydrogens (tertiary/aromatic N) is 1. The Bertz CT molecular complexity index is 701. The molecule has 23 heavy (non-hydrogen) atoms. The third kappa shape index (κ3) is 4.32. The van der Waals surface area contributed by atoms with E-state index in [-0.39, 0.29) is 5.97 Å². The summed E-state index contributed by atoms with van der Waals surface area (Å²) in [4.78, 5) is 16.7. The number of aryl methyl sites for hydroxylation is 1. The molecule has 0 saturated heterocycles. The molecule has 1 heterocycles. The van der Waals surface area contributed by atoms with Gasteiger partial charge in [-0.2, -0.15) is 0 Å². The van der Waals surface area contributed by atoms with E-state index in [1.807, 2.05) is 25.1 Å². The smallest absolute Gasteiger partial charge is 0.338 e. The number of carbonyl (C=O) groups excluding carboxylic acids is 1. The lowest BCUT2D eigenvalue weighted by molar-refractivity contribution is 0.0500. The summed E-state index contributed by atoms with van der Waals surface area (Å²) in [5, 5.41) is 0. The predicted molar refractivity (Wildman–Crippen MR) is 93.9 cm³/mol. The molecule has 2 aromatic rings. The summed E-state index contributed by atoms with van der Waals surface area (Å²) in [6.45, 7) is 4.39. The zero-order valence-electron chi connectivity index (χ0n) is 13.6. The Labute approximate surface area is 145 Å². The van der Waals surface area contributed by atoms with Crippen molar-refractivity contribution in [2.24, 2.45) is 0 Å². The first-order valence-corrected chi connectivity index (χ1v) is 8.33. The third-order valence-electron chi connectivity index (χ3n) is 3.45. The van der Waals surface area contributed by atoms with Gasteiger partial charge in [-0.1, -0.05) is 29.3 Å². The number of carbonyl (C=O) groups is 1. The molecule has 4 nitrogen and oxygen atoms in total. The van der Waals surface area contributed by atoms with Crippen LogP contribution in [-0.2, 0) is 4.74 Å². The quantitative estimate of drug-likeness (QED) is 0.536. The fraction of sp³-hybridized carbons (Fsp3) is 0.333. The molecule has 0 aliphatic carbocycles. The highest BCUT2D eigenvalue weighted by molar-refractivity contribution is 9.10. The summed E-state index contributed by atoms with van der Waals surface area (Å²) < 4.78 is 11.6. The van der Waals surface area contributed by atoms with Crippen molar-refractivity contribution < 1.29 is 14.3 Å². The van der Waals surface area contributed by atoms with Crippen LogP contribution in [0.4, 0.5) is 0 Å². The minimum absolute atomic E-state index is 0.322. The molecule has 0 atom stereocenters. The number of hydrogen-bond acceptors (Lipinski definition) is 4. The molecule has 0 spiro atoms. The standard InChI is InChI=1S/C18H20BrNO3/c1-4-5-8-23-18(21)14-7-6-13(19)10-15(14)16-9-12(2)20-11-17(16)22-3/h6-7,9-11H,4-5,8H2,1-3H3. The van der Waals surface area contributed by atoms with E-state index in [9.17, 15) is 4.79 Å². The molecular weight excluding hydrogens is 358 g/mol. The van der Waals surface area contributed by atoms with Crippen molar-refractivity contribution in [1.82, 2.24) is 4.98 Å². The number of halogens is 1. The molecule has 1 aromatic heterocycles. The van der Waals surface area contributed by atoms with Gasteiger partial charge in [-0.25, -0.2) is 4.79 Å². The second-order valence-corrected chi connectivity index (χ2v) is 6.12. The van der Waals surface area contributed by atoms with Crippen molar-refractivity contribution in [1.29, 1.82) is 0 Å². The summed E-state index contributed by atoms with van der Waals surface area (Å²) in [7, 11) is 1.59. The summed E-state index contributed by atoms with van der Waals surface area (Å²) in [5.74, 6) is 0.300. The molecule has 0 unspecified atom stereocenters. The molecule has 0 amide bonds. The average Bonchev–Trinajstić information content (AvgIpc) is 2.54. The van der Waals surface area contributed by atoms with Crippen LogP contribution in [0.5, 0.6) is 5.75 Å². The van der Waals surface area contributed by atoms with E-state index in [1.165, 1.54) is 0 Å². The van der Waals surface area contributed by atoms with Crippen LogP contribution in [0.3, 0.4) is 0 Å². The van der Waals surface area contributed by atoms with Crippen LogP contribution in [-0.4, -0.2) is 24.7 Å². The van der Waals surface area contributed by atoms with Crippen LogP contribution in [0.2, 0.25) is 0 Å². The van der Waals surface area contributed by atoms with Crippen LogP contribution < -0.4 is 4.74 Å². The zero-order valence-corrected chi connectivity index (χ0v) is 15.1. The van der Waals surface area contributed by atoms with Crippen LogP contribution >= 0.6 is 15.9 Å². The van der Waals surface area contributed by atoms with Gasteiger partial charge in [-0.05, 0) is 37.6 Å². The number of benzene rings is 1. The Kier molecular flexibility index (Phi) is 6.16. The first kappa shape index (κ1) is 17.5. The molecule has 0 aliphatic rings. The lowest BCUT2D eigenvalue weighted by Gasteiger charge is -2.14. The number of pyridine rings is 1. The molecular formula is C18H20BrNO3. The predicted octanol–water partition coefficient (Wildman–Crippen LogP) is 4.79. The molecule has 0 aliphatic heterocycles. The lowest BCUT2D eigenvalue weighted by Crippen LogP contribution is -2.08. The molecule has 5 heteroatoms. The van der Waals surface area contributed by atoms with Gasteiger partial charge in [0.15, 0.2) is 0 Å². The minimum Gasteiger partial charge on any atom is -0.494 e. The second-order valence-electron chi connectivity index (χ2n) is 5.21. The molecule has 1 aromatic carbocycles. The van der Waals surface area contributed by atoms with Crippen LogP contribution in [0.15, 0.2) is 34.9 Å². The van der Waals surface area contributed by atoms with Gasteiger partial charge in [-0.15, -0.1) is 0 Å². The maximum Gasteiger partial charge on any atom is 0.338 e. The SMILES string of the molecule is CCCCOC(=O)c1ccc(Br)cc1-c1cc(C)ncc1OC. The lowest BCUT2D eigenvalue weighted by atomic mass is 9.99. The van der Waals surface area contributed by atoms with Gasteiger partial charge in [0, 0.05) is 21.3 Å². The molecule has 0 radical (unpaired) electrons. The van der Waals surface area contributed by atoms with Gasteiger partial charge in [0.05, 0.1) is 25.5 Å². The van der Waals surface area contributed by atoms with Crippen LogP contribution in [0.1, 0.15) is 35.8 Å². The number of esters is 1. The number of unbranched alkanes of at least 4 members (excludes halogenated alkanes) is 1. The molecule has 0 bridgehead atoms. The molecule has 2 rings (SSSR count). The summed E-state index contributed by atoms with van der Waals surface area (Å²) in [6, 6.07) is 7.40. The highest BCUT2D eigenvalue weighted by Crippen LogP contribution is 2.34. The Hall–Kier alpha value is -1.88. The molecule has 122 valence electrons. The topological polar surface area (TPSA) is 48.4 Å². The number of methoxy groups -OCH3 is 1. The van der Waals surface area contributed by atoms with Crippen molar-refractivity contribution in [2.45, 2.75) is 26.7 Å². The number of aromatic nitrogens is 1. The number of ether oxygens (including phenoxy) is 2. The van der Waals surface area contributed by atoms with E-state index in [4.69, 9.17) is 9.47 Å². The highest BCUT2D eigenvalue weighted by Gasteiger charge is 2.18. The highest BCUT2D eigenvalue weighted by atomic mass is 79.9. The maximum absolute atomic E-state index is 12.4. The van der Waals surface area contributed by atoms with E-state index < -0.39 is 0 Å². The first-order valence-electron chi connectivity index (χ1n) is 7.54. The van der Waals surface area contributed by atoms with Crippen LogP contribution in [0, 0.1) is 6.92 Å². The summed E-state index contributed by atoms with van der Waals surface area (Å²) in [6.07, 6.45) is 3.50. The van der Waals surface area contributed by atoms with E-state index in [0.29, 0.717) is 17.9 Å². The summed E-state index contributed by atoms with van der Waals surface area (Å²) in [5.41, 5.74) is 2.96. The fourth-order valence-electron chi connectivity index (χ4n) is 2.22. The second kappa shape index (κ2) is 8.11. The van der Waals surface area contributed by atoms with Gasteiger partial charge >= 0.3 is 5.97 Å². The largest absolute Gasteiger partial charge is 0.494 e. The molecule has 0 N–H and O–H groups in total. The van der Waals surface area contributed by atoms with Gasteiger partial charge in [0.1, 0.15) is 5.75 Å². The minimum atomic E-state index is -0.322. The van der Waals surface area contributed by atoms with Crippen LogP contribution in [0.25, 0.3) is 11.1 Å². The normalized spacial score (nSPS) is 10.4. The van der Waals surface area contributed by atoms with Crippen molar-refractivity contribution in [3.8, 4) is 16.9 Å². The van der Waals surface area contributed by atoms with E-state index >= 15 is 0 Å². The third-order valence-corrected chi connectivity index (χ3v) is 3.94. The molecule has 0 saturated carbocycles. The van der Waals surface area contributed by atoms with Gasteiger partial charge < -0.3 is 9.47 Å². The monoisotopic (exact) mass is 377 g/mol. The first-order chi connectivity index (χ1) is 11.1.